The molecule has 0 aliphatic heterocycles. The number of hydrogen-bond acceptors (Lipinski definition) is 3. The molecule has 0 aliphatic rings. The highest BCUT2D eigenvalue weighted by Crippen LogP contribution is 2.37. The van der Waals surface area contributed by atoms with Gasteiger partial charge in [0.1, 0.15) is 0 Å². The molecule has 0 aliphatic carbocycles. The molecular formula is C21H19ClFNO4. The molecule has 0 amide bonds. The van der Waals surface area contributed by atoms with Gasteiger partial charge in [-0.3, -0.25) is 14.2 Å². The molecule has 0 saturated heterocycles. The SMILES string of the molecule is CCC[C@H](C(=O)O)c1c(C)n(C(=O)c2cccc(Cl)c2)c2cc(F)c(O)cc12. The van der Waals surface area contributed by atoms with Crippen molar-refractivity contribution in [3.63, 3.8) is 0 Å². The molecule has 0 unspecified atom stereocenters. The van der Waals surface area contributed by atoms with Crippen LogP contribution < -0.4 is 0 Å². The molecule has 1 heterocycles. The highest BCUT2D eigenvalue weighted by molar-refractivity contribution is 6.31. The molecule has 3 aromatic rings. The van der Waals surface area contributed by atoms with Gasteiger partial charge in [-0.15, -0.1) is 0 Å². The van der Waals surface area contributed by atoms with E-state index in [-0.39, 0.29) is 11.1 Å². The molecule has 0 fully saturated rings. The van der Waals surface area contributed by atoms with E-state index in [1.807, 2.05) is 6.92 Å². The molecule has 7 heteroatoms. The normalized spacial score (nSPS) is 12.3. The zero-order chi connectivity index (χ0) is 20.6. The van der Waals surface area contributed by atoms with Crippen LogP contribution in [0.4, 0.5) is 4.39 Å². The van der Waals surface area contributed by atoms with Crippen molar-refractivity contribution >= 4 is 34.4 Å². The minimum absolute atomic E-state index is 0.204. The average Bonchev–Trinajstić information content (AvgIpc) is 2.90. The third-order valence-electron chi connectivity index (χ3n) is 4.82. The topological polar surface area (TPSA) is 79.5 Å². The number of aliphatic carboxylic acids is 1. The van der Waals surface area contributed by atoms with Crippen LogP contribution in [0.15, 0.2) is 36.4 Å². The van der Waals surface area contributed by atoms with Crippen molar-refractivity contribution < 1.29 is 24.2 Å². The second-order valence-corrected chi connectivity index (χ2v) is 7.09. The smallest absolute Gasteiger partial charge is 0.311 e. The van der Waals surface area contributed by atoms with Crippen molar-refractivity contribution in [3.05, 3.63) is 64.1 Å². The molecule has 2 N–H and O–H groups in total. The Kier molecular flexibility index (Phi) is 5.42. The van der Waals surface area contributed by atoms with E-state index in [9.17, 15) is 24.2 Å². The number of phenols is 1. The Morgan fingerprint density at radius 1 is 1.25 bits per heavy atom. The standard InChI is InChI=1S/C21H19ClFNO4/c1-3-5-14(21(27)28)19-11(2)24(17-10-16(23)18(25)9-15(17)19)20(26)12-6-4-7-13(22)8-12/h4,6-10,14,25H,3,5H2,1-2H3,(H,27,28)/t14-/m0/s1. The maximum Gasteiger partial charge on any atom is 0.311 e. The highest BCUT2D eigenvalue weighted by Gasteiger charge is 2.29. The Morgan fingerprint density at radius 3 is 2.57 bits per heavy atom. The van der Waals surface area contributed by atoms with E-state index in [4.69, 9.17) is 11.6 Å². The molecular weight excluding hydrogens is 385 g/mol. The second kappa shape index (κ2) is 7.64. The van der Waals surface area contributed by atoms with Crippen molar-refractivity contribution in [2.24, 2.45) is 0 Å². The van der Waals surface area contributed by atoms with Crippen LogP contribution in [0.1, 0.15) is 47.3 Å². The van der Waals surface area contributed by atoms with Crippen LogP contribution in [0.5, 0.6) is 5.75 Å². The zero-order valence-corrected chi connectivity index (χ0v) is 16.1. The summed E-state index contributed by atoms with van der Waals surface area (Å²) in [6.45, 7) is 3.48. The number of benzene rings is 2. The molecule has 0 bridgehead atoms. The van der Waals surface area contributed by atoms with E-state index in [1.165, 1.54) is 16.7 Å². The van der Waals surface area contributed by atoms with E-state index in [2.05, 4.69) is 0 Å². The molecule has 1 aromatic heterocycles. The fraction of sp³-hybridized carbons (Fsp3) is 0.238. The minimum atomic E-state index is -1.04. The van der Waals surface area contributed by atoms with Gasteiger partial charge in [-0.1, -0.05) is 31.0 Å². The molecule has 2 aromatic carbocycles. The largest absolute Gasteiger partial charge is 0.505 e. The van der Waals surface area contributed by atoms with Crippen LogP contribution in [0.25, 0.3) is 10.9 Å². The fourth-order valence-electron chi connectivity index (χ4n) is 3.58. The van der Waals surface area contributed by atoms with E-state index >= 15 is 0 Å². The maximum absolute atomic E-state index is 14.1. The van der Waals surface area contributed by atoms with Crippen LogP contribution in [-0.4, -0.2) is 26.7 Å². The minimum Gasteiger partial charge on any atom is -0.505 e. The number of nitrogens with zero attached hydrogens (tertiary/aromatic N) is 1. The molecule has 0 spiro atoms. The van der Waals surface area contributed by atoms with Crippen LogP contribution in [0, 0.1) is 12.7 Å². The zero-order valence-electron chi connectivity index (χ0n) is 15.4. The Labute approximate surface area is 166 Å². The lowest BCUT2D eigenvalue weighted by Crippen LogP contribution is -2.16. The Balaban J connectivity index is 2.34. The number of phenolic OH excluding ortho intramolecular Hbond substituents is 1. The molecule has 28 heavy (non-hydrogen) atoms. The summed E-state index contributed by atoms with van der Waals surface area (Å²) in [6.07, 6.45) is 0.956. The molecule has 0 saturated carbocycles. The lowest BCUT2D eigenvalue weighted by molar-refractivity contribution is -0.139. The van der Waals surface area contributed by atoms with Crippen LogP contribution in [0.2, 0.25) is 5.02 Å². The average molecular weight is 404 g/mol. The van der Waals surface area contributed by atoms with Gasteiger partial charge in [0.2, 0.25) is 0 Å². The first kappa shape index (κ1) is 19.9. The summed E-state index contributed by atoms with van der Waals surface area (Å²) in [5.74, 6) is -3.86. The van der Waals surface area contributed by atoms with Gasteiger partial charge in [-0.25, -0.2) is 4.39 Å². The van der Waals surface area contributed by atoms with Gasteiger partial charge in [-0.2, -0.15) is 0 Å². The fourth-order valence-corrected chi connectivity index (χ4v) is 3.77. The molecule has 5 nitrogen and oxygen atoms in total. The number of fused-ring (bicyclic) bond motifs is 1. The van der Waals surface area contributed by atoms with Crippen molar-refractivity contribution in [2.75, 3.05) is 0 Å². The number of halogens is 2. The van der Waals surface area contributed by atoms with Gasteiger partial charge in [-0.05, 0) is 43.2 Å². The number of hydrogen-bond donors (Lipinski definition) is 2. The number of carboxylic acid groups (broad SMARTS) is 1. The van der Waals surface area contributed by atoms with Gasteiger partial charge in [0.15, 0.2) is 11.6 Å². The van der Waals surface area contributed by atoms with E-state index in [0.717, 1.165) is 6.07 Å². The predicted molar refractivity (Wildman–Crippen MR) is 105 cm³/mol. The summed E-state index contributed by atoms with van der Waals surface area (Å²) in [6, 6.07) is 8.56. The number of aromatic hydroxyl groups is 1. The number of carboxylic acids is 1. The Hall–Kier alpha value is -2.86. The Bertz CT molecular complexity index is 1090. The van der Waals surface area contributed by atoms with Gasteiger partial charge in [0, 0.05) is 27.7 Å². The third-order valence-corrected chi connectivity index (χ3v) is 5.06. The molecule has 1 atom stereocenters. The van der Waals surface area contributed by atoms with Crippen LogP contribution in [0.3, 0.4) is 0 Å². The summed E-state index contributed by atoms with van der Waals surface area (Å²) in [4.78, 5) is 25.0. The van der Waals surface area contributed by atoms with Gasteiger partial charge >= 0.3 is 5.97 Å². The van der Waals surface area contributed by atoms with Crippen LogP contribution >= 0.6 is 11.6 Å². The van der Waals surface area contributed by atoms with E-state index in [0.29, 0.717) is 34.5 Å². The van der Waals surface area contributed by atoms with E-state index < -0.39 is 29.4 Å². The molecule has 146 valence electrons. The first-order chi connectivity index (χ1) is 13.3. The van der Waals surface area contributed by atoms with Crippen LogP contribution in [-0.2, 0) is 4.79 Å². The summed E-state index contributed by atoms with van der Waals surface area (Å²) in [5, 5.41) is 20.3. The first-order valence-corrected chi connectivity index (χ1v) is 9.20. The molecule has 3 rings (SSSR count). The highest BCUT2D eigenvalue weighted by atomic mass is 35.5. The van der Waals surface area contributed by atoms with Crippen molar-refractivity contribution in [1.82, 2.24) is 4.57 Å². The maximum atomic E-state index is 14.1. The van der Waals surface area contributed by atoms with Gasteiger partial charge < -0.3 is 10.2 Å². The van der Waals surface area contributed by atoms with Gasteiger partial charge in [0.05, 0.1) is 11.4 Å². The summed E-state index contributed by atoms with van der Waals surface area (Å²) in [5.41, 5.74) is 1.28. The second-order valence-electron chi connectivity index (χ2n) is 6.65. The quantitative estimate of drug-likeness (QED) is 0.620. The summed E-state index contributed by atoms with van der Waals surface area (Å²) in [7, 11) is 0. The lowest BCUT2D eigenvalue weighted by atomic mass is 9.92. The van der Waals surface area contributed by atoms with Crippen molar-refractivity contribution in [2.45, 2.75) is 32.6 Å². The monoisotopic (exact) mass is 403 g/mol. The number of rotatable bonds is 5. The lowest BCUT2D eigenvalue weighted by Gasteiger charge is -2.13. The molecule has 0 radical (unpaired) electrons. The summed E-state index contributed by atoms with van der Waals surface area (Å²) >= 11 is 5.99. The predicted octanol–water partition coefficient (Wildman–Crippen LogP) is 5.10. The van der Waals surface area contributed by atoms with Gasteiger partial charge in [0.25, 0.3) is 5.91 Å². The van der Waals surface area contributed by atoms with E-state index in [1.54, 1.807) is 25.1 Å². The van der Waals surface area contributed by atoms with Crippen molar-refractivity contribution in [3.8, 4) is 5.75 Å². The first-order valence-electron chi connectivity index (χ1n) is 8.82. The Morgan fingerprint density at radius 2 is 1.96 bits per heavy atom. The third kappa shape index (κ3) is 3.36. The number of aromatic nitrogens is 1. The number of carbonyl (C=O) groups is 2. The van der Waals surface area contributed by atoms with Crippen molar-refractivity contribution in [1.29, 1.82) is 0 Å². The number of carbonyl (C=O) groups excluding carboxylic acids is 1. The summed E-state index contributed by atoms with van der Waals surface area (Å²) < 4.78 is 15.4.